The van der Waals surface area contributed by atoms with Gasteiger partial charge in [0.2, 0.25) is 5.91 Å². The molecule has 0 aliphatic heterocycles. The van der Waals surface area contributed by atoms with E-state index in [2.05, 4.69) is 41.6 Å². The van der Waals surface area contributed by atoms with E-state index in [1.165, 1.54) is 5.56 Å². The molecule has 0 fully saturated rings. The maximum absolute atomic E-state index is 13.1. The molecule has 2 heterocycles. The third kappa shape index (κ3) is 7.15. The molecule has 33 heavy (non-hydrogen) atoms. The largest absolute Gasteiger partial charge is 0.380 e. The second-order valence-corrected chi connectivity index (χ2v) is 8.54. The van der Waals surface area contributed by atoms with Gasteiger partial charge in [0.25, 0.3) is 5.91 Å². The molecular formula is C26H34N4O3. The van der Waals surface area contributed by atoms with Gasteiger partial charge in [-0.25, -0.2) is 4.98 Å². The van der Waals surface area contributed by atoms with Crippen LogP contribution in [0.3, 0.4) is 0 Å². The zero-order valence-electron chi connectivity index (χ0n) is 19.7. The molecule has 176 valence electrons. The first-order chi connectivity index (χ1) is 16.0. The third-order valence-corrected chi connectivity index (χ3v) is 5.42. The first-order valence-electron chi connectivity index (χ1n) is 11.6. The molecule has 0 spiro atoms. The molecular weight excluding hydrogens is 416 g/mol. The van der Waals surface area contributed by atoms with Gasteiger partial charge < -0.3 is 15.4 Å². The van der Waals surface area contributed by atoms with Gasteiger partial charge in [-0.15, -0.1) is 0 Å². The van der Waals surface area contributed by atoms with Gasteiger partial charge in [0.05, 0.1) is 18.7 Å². The molecule has 2 amide bonds. The van der Waals surface area contributed by atoms with Crippen LogP contribution in [0.25, 0.3) is 5.65 Å². The van der Waals surface area contributed by atoms with Gasteiger partial charge in [-0.3, -0.25) is 14.0 Å². The first kappa shape index (κ1) is 24.5. The Labute approximate surface area is 195 Å². The number of hydrogen-bond donors (Lipinski definition) is 2. The van der Waals surface area contributed by atoms with Crippen LogP contribution in [0.4, 0.5) is 0 Å². The lowest BCUT2D eigenvalue weighted by molar-refractivity contribution is -0.120. The molecule has 3 aromatic rings. The zero-order chi connectivity index (χ0) is 23.6. The summed E-state index contributed by atoms with van der Waals surface area (Å²) in [5.41, 5.74) is 2.98. The van der Waals surface area contributed by atoms with Crippen molar-refractivity contribution < 1.29 is 14.3 Å². The lowest BCUT2D eigenvalue weighted by atomic mass is 9.90. The number of rotatable bonds is 12. The summed E-state index contributed by atoms with van der Waals surface area (Å²) < 4.78 is 6.98. The summed E-state index contributed by atoms with van der Waals surface area (Å²) in [6, 6.07) is 15.7. The Morgan fingerprint density at radius 2 is 1.85 bits per heavy atom. The molecule has 0 radical (unpaired) electrons. The molecule has 2 N–H and O–H groups in total. The fraction of sp³-hybridized carbons (Fsp3) is 0.423. The highest BCUT2D eigenvalue weighted by Gasteiger charge is 2.17. The number of fused-ring (bicyclic) bond motifs is 1. The summed E-state index contributed by atoms with van der Waals surface area (Å²) in [6.45, 7) is 8.43. The molecule has 0 saturated heterocycles. The number of amides is 2. The maximum Gasteiger partial charge on any atom is 0.268 e. The number of carbonyl (C=O) groups excluding carboxylic acids is 2. The van der Waals surface area contributed by atoms with Crippen molar-refractivity contribution in [1.29, 1.82) is 0 Å². The minimum atomic E-state index is -0.157. The van der Waals surface area contributed by atoms with Crippen molar-refractivity contribution in [3.63, 3.8) is 0 Å². The van der Waals surface area contributed by atoms with Gasteiger partial charge in [0, 0.05) is 31.8 Å². The number of nitrogens with zero attached hydrogens (tertiary/aromatic N) is 2. The highest BCUT2D eigenvalue weighted by Crippen LogP contribution is 2.23. The second kappa shape index (κ2) is 12.2. The van der Waals surface area contributed by atoms with Crippen molar-refractivity contribution in [2.24, 2.45) is 5.92 Å². The molecule has 0 aliphatic carbocycles. The van der Waals surface area contributed by atoms with E-state index in [-0.39, 0.29) is 24.2 Å². The average molecular weight is 451 g/mol. The molecule has 7 heteroatoms. The number of hydrogen-bond acceptors (Lipinski definition) is 4. The summed E-state index contributed by atoms with van der Waals surface area (Å²) in [6.07, 6.45) is 2.90. The van der Waals surface area contributed by atoms with Crippen LogP contribution in [0.15, 0.2) is 54.7 Å². The second-order valence-electron chi connectivity index (χ2n) is 8.54. The van der Waals surface area contributed by atoms with Gasteiger partial charge in [-0.1, -0.05) is 50.2 Å². The van der Waals surface area contributed by atoms with Crippen molar-refractivity contribution in [3.8, 4) is 0 Å². The number of nitrogens with one attached hydrogen (secondary N) is 2. The van der Waals surface area contributed by atoms with Crippen LogP contribution >= 0.6 is 0 Å². The fourth-order valence-electron chi connectivity index (χ4n) is 3.90. The van der Waals surface area contributed by atoms with E-state index in [1.54, 1.807) is 16.7 Å². The van der Waals surface area contributed by atoms with Gasteiger partial charge in [0.1, 0.15) is 11.3 Å². The van der Waals surface area contributed by atoms with E-state index >= 15 is 0 Å². The Balaban J connectivity index is 1.67. The van der Waals surface area contributed by atoms with Crippen LogP contribution < -0.4 is 10.6 Å². The molecule has 3 rings (SSSR count). The van der Waals surface area contributed by atoms with Crippen LogP contribution in [-0.2, 0) is 16.0 Å². The molecule has 1 unspecified atom stereocenters. The Kier molecular flexibility index (Phi) is 9.01. The third-order valence-electron chi connectivity index (χ3n) is 5.42. The molecule has 2 aromatic heterocycles. The van der Waals surface area contributed by atoms with E-state index in [4.69, 9.17) is 4.74 Å². The lowest BCUT2D eigenvalue weighted by Crippen LogP contribution is -2.30. The van der Waals surface area contributed by atoms with Crippen molar-refractivity contribution in [2.45, 2.75) is 39.5 Å². The van der Waals surface area contributed by atoms with Gasteiger partial charge in [0.15, 0.2) is 0 Å². The van der Waals surface area contributed by atoms with Crippen LogP contribution in [0, 0.1) is 5.92 Å². The lowest BCUT2D eigenvalue weighted by Gasteiger charge is -2.20. The number of ether oxygens (including phenoxy) is 1. The van der Waals surface area contributed by atoms with Crippen molar-refractivity contribution in [2.75, 3.05) is 26.3 Å². The molecule has 1 atom stereocenters. The molecule has 0 saturated carbocycles. The summed E-state index contributed by atoms with van der Waals surface area (Å²) >= 11 is 0. The molecule has 0 bridgehead atoms. The summed E-state index contributed by atoms with van der Waals surface area (Å²) in [4.78, 5) is 29.8. The summed E-state index contributed by atoms with van der Waals surface area (Å²) in [7, 11) is 0. The minimum absolute atomic E-state index is 0.122. The Morgan fingerprint density at radius 3 is 2.58 bits per heavy atom. The van der Waals surface area contributed by atoms with E-state index < -0.39 is 0 Å². The van der Waals surface area contributed by atoms with Crippen molar-refractivity contribution in [3.05, 3.63) is 71.7 Å². The van der Waals surface area contributed by atoms with Gasteiger partial charge in [-0.05, 0) is 37.0 Å². The van der Waals surface area contributed by atoms with Crippen LogP contribution in [0.1, 0.15) is 54.9 Å². The number of pyridine rings is 1. The highest BCUT2D eigenvalue weighted by molar-refractivity contribution is 5.93. The monoisotopic (exact) mass is 450 g/mol. The number of aromatic nitrogens is 2. The zero-order valence-corrected chi connectivity index (χ0v) is 19.7. The smallest absolute Gasteiger partial charge is 0.268 e. The molecule has 7 nitrogen and oxygen atoms in total. The van der Waals surface area contributed by atoms with Crippen molar-refractivity contribution >= 4 is 17.5 Å². The molecule has 1 aromatic carbocycles. The maximum atomic E-state index is 13.1. The SMILES string of the molecule is CCOCCNC(=O)Cc1cn2c(C(=O)NCC(CC(C)C)c3ccccc3)cccc2n1. The van der Waals surface area contributed by atoms with E-state index in [1.807, 2.05) is 37.3 Å². The van der Waals surface area contributed by atoms with E-state index in [9.17, 15) is 9.59 Å². The first-order valence-corrected chi connectivity index (χ1v) is 11.6. The predicted molar refractivity (Wildman–Crippen MR) is 129 cm³/mol. The quantitative estimate of drug-likeness (QED) is 0.413. The van der Waals surface area contributed by atoms with E-state index in [0.717, 1.165) is 6.42 Å². The Hall–Kier alpha value is -3.19. The average Bonchev–Trinajstić information content (AvgIpc) is 3.22. The number of benzene rings is 1. The topological polar surface area (TPSA) is 84.7 Å². The molecule has 0 aliphatic rings. The Morgan fingerprint density at radius 1 is 1.06 bits per heavy atom. The predicted octanol–water partition coefficient (Wildman–Crippen LogP) is 3.59. The summed E-state index contributed by atoms with van der Waals surface area (Å²) in [5.74, 6) is 0.485. The van der Waals surface area contributed by atoms with Crippen molar-refractivity contribution in [1.82, 2.24) is 20.0 Å². The fourth-order valence-corrected chi connectivity index (χ4v) is 3.90. The minimum Gasteiger partial charge on any atom is -0.380 e. The van der Waals surface area contributed by atoms with Gasteiger partial charge in [-0.2, -0.15) is 0 Å². The Bertz CT molecular complexity index is 1050. The normalized spacial score (nSPS) is 12.1. The standard InChI is InChI=1S/C26H34N4O3/c1-4-33-14-13-27-25(31)16-22-18-30-23(11-8-12-24(30)29-22)26(32)28-17-21(15-19(2)3)20-9-6-5-7-10-20/h5-12,18-19,21H,4,13-17H2,1-3H3,(H,27,31)(H,28,32). The van der Waals surface area contributed by atoms with Crippen LogP contribution in [0.5, 0.6) is 0 Å². The highest BCUT2D eigenvalue weighted by atomic mass is 16.5. The number of carbonyl (C=O) groups is 2. The number of imidazole rings is 1. The van der Waals surface area contributed by atoms with Gasteiger partial charge >= 0.3 is 0 Å². The summed E-state index contributed by atoms with van der Waals surface area (Å²) in [5, 5.41) is 5.92. The van der Waals surface area contributed by atoms with E-state index in [0.29, 0.717) is 49.3 Å². The van der Waals surface area contributed by atoms with Crippen LogP contribution in [0.2, 0.25) is 0 Å². The van der Waals surface area contributed by atoms with Crippen LogP contribution in [-0.4, -0.2) is 47.5 Å².